The van der Waals surface area contributed by atoms with Crippen LogP contribution in [0.25, 0.3) is 0 Å². The lowest BCUT2D eigenvalue weighted by atomic mass is 9.98. The third-order valence-corrected chi connectivity index (χ3v) is 5.53. The molecule has 1 aromatic carbocycles. The number of amides is 1. The Bertz CT molecular complexity index is 861. The molecule has 1 saturated heterocycles. The van der Waals surface area contributed by atoms with Gasteiger partial charge in [-0.2, -0.15) is 5.26 Å². The fourth-order valence-electron chi connectivity index (χ4n) is 3.32. The standard InChI is InChI=1S/C20H24N4O3S/c1-26-18-9-14(10-21)4-6-17(18)27-12-15-3-2-8-24(11-15)19(25)7-5-16-13-28-20(22)23-16/h4,6,9,13,15H,2-3,5,7-8,11-12H2,1H3,(H2,22,23). The van der Waals surface area contributed by atoms with Gasteiger partial charge in [0.25, 0.3) is 0 Å². The number of anilines is 1. The third-order valence-electron chi connectivity index (χ3n) is 4.80. The molecule has 0 aliphatic carbocycles. The van der Waals surface area contributed by atoms with E-state index in [0.717, 1.165) is 25.1 Å². The summed E-state index contributed by atoms with van der Waals surface area (Å²) in [7, 11) is 1.56. The summed E-state index contributed by atoms with van der Waals surface area (Å²) in [6, 6.07) is 7.21. The maximum absolute atomic E-state index is 12.5. The zero-order valence-corrected chi connectivity index (χ0v) is 16.7. The normalized spacial score (nSPS) is 16.4. The van der Waals surface area contributed by atoms with Gasteiger partial charge >= 0.3 is 0 Å². The Morgan fingerprint density at radius 2 is 2.32 bits per heavy atom. The van der Waals surface area contributed by atoms with Gasteiger partial charge in [-0.05, 0) is 31.4 Å². The number of nitriles is 1. The van der Waals surface area contributed by atoms with E-state index in [9.17, 15) is 4.79 Å². The average molecular weight is 401 g/mol. The van der Waals surface area contributed by atoms with Crippen LogP contribution in [0.1, 0.15) is 30.5 Å². The van der Waals surface area contributed by atoms with Crippen molar-refractivity contribution >= 4 is 22.4 Å². The lowest BCUT2D eigenvalue weighted by molar-refractivity contribution is -0.133. The van der Waals surface area contributed by atoms with Gasteiger partial charge in [-0.15, -0.1) is 11.3 Å². The number of aromatic nitrogens is 1. The first kappa shape index (κ1) is 20.0. The number of rotatable bonds is 7. The maximum Gasteiger partial charge on any atom is 0.222 e. The van der Waals surface area contributed by atoms with Gasteiger partial charge in [0.2, 0.25) is 5.91 Å². The van der Waals surface area contributed by atoms with Crippen molar-refractivity contribution in [2.24, 2.45) is 5.92 Å². The molecule has 1 amide bonds. The number of nitrogens with two attached hydrogens (primary N) is 1. The zero-order valence-electron chi connectivity index (χ0n) is 15.9. The van der Waals surface area contributed by atoms with Gasteiger partial charge in [0.15, 0.2) is 16.6 Å². The van der Waals surface area contributed by atoms with E-state index in [1.807, 2.05) is 10.3 Å². The molecule has 0 radical (unpaired) electrons. The number of benzene rings is 1. The summed E-state index contributed by atoms with van der Waals surface area (Å²) in [5.74, 6) is 1.58. The van der Waals surface area contributed by atoms with Crippen molar-refractivity contribution in [3.63, 3.8) is 0 Å². The monoisotopic (exact) mass is 400 g/mol. The number of ether oxygens (including phenoxy) is 2. The van der Waals surface area contributed by atoms with Crippen molar-refractivity contribution < 1.29 is 14.3 Å². The van der Waals surface area contributed by atoms with Gasteiger partial charge < -0.3 is 20.1 Å². The Hall–Kier alpha value is -2.79. The number of nitrogens with zero attached hydrogens (tertiary/aromatic N) is 3. The molecule has 2 aromatic rings. The topological polar surface area (TPSA) is 101 Å². The van der Waals surface area contributed by atoms with Crippen LogP contribution in [0.3, 0.4) is 0 Å². The van der Waals surface area contributed by atoms with Crippen molar-refractivity contribution in [3.8, 4) is 17.6 Å². The van der Waals surface area contributed by atoms with E-state index < -0.39 is 0 Å². The van der Waals surface area contributed by atoms with Crippen molar-refractivity contribution in [2.45, 2.75) is 25.7 Å². The number of carbonyl (C=O) groups excluding carboxylic acids is 1. The summed E-state index contributed by atoms with van der Waals surface area (Å²) in [6.07, 6.45) is 3.05. The molecule has 0 bridgehead atoms. The van der Waals surface area contributed by atoms with Crippen molar-refractivity contribution in [2.75, 3.05) is 32.5 Å². The lowest BCUT2D eigenvalue weighted by Crippen LogP contribution is -2.41. The van der Waals surface area contributed by atoms with Gasteiger partial charge in [0, 0.05) is 36.9 Å². The highest BCUT2D eigenvalue weighted by molar-refractivity contribution is 7.13. The molecule has 1 aliphatic rings. The molecule has 8 heteroatoms. The molecular formula is C20H24N4O3S. The van der Waals surface area contributed by atoms with E-state index in [2.05, 4.69) is 11.1 Å². The molecule has 2 N–H and O–H groups in total. The number of hydrogen-bond donors (Lipinski definition) is 1. The summed E-state index contributed by atoms with van der Waals surface area (Å²) in [5, 5.41) is 11.4. The number of thiazole rings is 1. The van der Waals surface area contributed by atoms with E-state index in [1.54, 1.807) is 25.3 Å². The number of methoxy groups -OCH3 is 1. The number of piperidine rings is 1. The van der Waals surface area contributed by atoms with Gasteiger partial charge in [-0.3, -0.25) is 4.79 Å². The van der Waals surface area contributed by atoms with Crippen LogP contribution in [0, 0.1) is 17.2 Å². The molecule has 0 spiro atoms. The lowest BCUT2D eigenvalue weighted by Gasteiger charge is -2.32. The first-order valence-electron chi connectivity index (χ1n) is 9.27. The summed E-state index contributed by atoms with van der Waals surface area (Å²) in [4.78, 5) is 18.7. The Morgan fingerprint density at radius 3 is 3.04 bits per heavy atom. The van der Waals surface area contributed by atoms with Crippen LogP contribution in [-0.4, -0.2) is 42.6 Å². The summed E-state index contributed by atoms with van der Waals surface area (Å²) < 4.78 is 11.2. The Morgan fingerprint density at radius 1 is 1.46 bits per heavy atom. The van der Waals surface area contributed by atoms with Crippen molar-refractivity contribution in [1.29, 1.82) is 5.26 Å². The van der Waals surface area contributed by atoms with Crippen LogP contribution in [0.2, 0.25) is 0 Å². The third kappa shape index (κ3) is 5.14. The van der Waals surface area contributed by atoms with Crippen LogP contribution in [0.4, 0.5) is 5.13 Å². The first-order chi connectivity index (χ1) is 13.6. The second-order valence-electron chi connectivity index (χ2n) is 6.81. The number of carbonyl (C=O) groups is 1. The van der Waals surface area contributed by atoms with E-state index in [-0.39, 0.29) is 11.8 Å². The van der Waals surface area contributed by atoms with Crippen molar-refractivity contribution in [3.05, 3.63) is 34.8 Å². The predicted molar refractivity (Wildman–Crippen MR) is 107 cm³/mol. The fourth-order valence-corrected chi connectivity index (χ4v) is 3.92. The molecule has 1 aromatic heterocycles. The van der Waals surface area contributed by atoms with E-state index in [4.69, 9.17) is 20.5 Å². The molecule has 3 rings (SSSR count). The van der Waals surface area contributed by atoms with Crippen LogP contribution in [0.5, 0.6) is 11.5 Å². The van der Waals surface area contributed by atoms with E-state index >= 15 is 0 Å². The predicted octanol–water partition coefficient (Wildman–Crippen LogP) is 2.86. The minimum absolute atomic E-state index is 0.146. The largest absolute Gasteiger partial charge is 0.493 e. The highest BCUT2D eigenvalue weighted by atomic mass is 32.1. The highest BCUT2D eigenvalue weighted by Crippen LogP contribution is 2.29. The summed E-state index contributed by atoms with van der Waals surface area (Å²) in [6.45, 7) is 1.99. The highest BCUT2D eigenvalue weighted by Gasteiger charge is 2.24. The fraction of sp³-hybridized carbons (Fsp3) is 0.450. The molecular weight excluding hydrogens is 376 g/mol. The smallest absolute Gasteiger partial charge is 0.222 e. The van der Waals surface area contributed by atoms with E-state index in [1.165, 1.54) is 11.3 Å². The second-order valence-corrected chi connectivity index (χ2v) is 7.70. The van der Waals surface area contributed by atoms with E-state index in [0.29, 0.717) is 48.2 Å². The number of hydrogen-bond acceptors (Lipinski definition) is 7. The van der Waals surface area contributed by atoms with Gasteiger partial charge in [0.1, 0.15) is 0 Å². The maximum atomic E-state index is 12.5. The minimum atomic E-state index is 0.146. The average Bonchev–Trinajstić information content (AvgIpc) is 3.15. The molecule has 7 nitrogen and oxygen atoms in total. The van der Waals surface area contributed by atoms with Crippen LogP contribution in [-0.2, 0) is 11.2 Å². The molecule has 1 unspecified atom stereocenters. The molecule has 148 valence electrons. The van der Waals surface area contributed by atoms with Crippen LogP contribution >= 0.6 is 11.3 Å². The zero-order chi connectivity index (χ0) is 19.9. The molecule has 0 saturated carbocycles. The number of likely N-dealkylation sites (tertiary alicyclic amines) is 1. The summed E-state index contributed by atoms with van der Waals surface area (Å²) in [5.41, 5.74) is 7.04. The van der Waals surface area contributed by atoms with Gasteiger partial charge in [0.05, 0.1) is 31.0 Å². The van der Waals surface area contributed by atoms with Crippen LogP contribution < -0.4 is 15.2 Å². The van der Waals surface area contributed by atoms with Crippen molar-refractivity contribution in [1.82, 2.24) is 9.88 Å². The van der Waals surface area contributed by atoms with Gasteiger partial charge in [-0.25, -0.2) is 4.98 Å². The Balaban J connectivity index is 1.50. The molecule has 2 heterocycles. The Kier molecular flexibility index (Phi) is 6.71. The molecule has 1 aliphatic heterocycles. The number of aryl methyl sites for hydroxylation is 1. The molecule has 1 atom stereocenters. The number of nitrogen functional groups attached to an aromatic ring is 1. The quantitative estimate of drug-likeness (QED) is 0.767. The second kappa shape index (κ2) is 9.42. The summed E-state index contributed by atoms with van der Waals surface area (Å²) >= 11 is 1.40. The minimum Gasteiger partial charge on any atom is -0.493 e. The molecule has 1 fully saturated rings. The van der Waals surface area contributed by atoms with Gasteiger partial charge in [-0.1, -0.05) is 0 Å². The molecule has 28 heavy (non-hydrogen) atoms. The Labute approximate surface area is 168 Å². The SMILES string of the molecule is COc1cc(C#N)ccc1OCC1CCCN(C(=O)CCc2csc(N)n2)C1. The first-order valence-corrected chi connectivity index (χ1v) is 10.2. The van der Waals surface area contributed by atoms with Crippen LogP contribution in [0.15, 0.2) is 23.6 Å².